The lowest BCUT2D eigenvalue weighted by molar-refractivity contribution is -0.138. The predicted octanol–water partition coefficient (Wildman–Crippen LogP) is 2.03. The number of rotatable bonds is 3. The molecule has 1 amide bonds. The van der Waals surface area contributed by atoms with E-state index >= 15 is 0 Å². The van der Waals surface area contributed by atoms with Crippen LogP contribution in [0.2, 0.25) is 0 Å². The minimum atomic E-state index is -0.268. The third-order valence-electron chi connectivity index (χ3n) is 3.66. The van der Waals surface area contributed by atoms with E-state index in [9.17, 15) is 9.18 Å². The Kier molecular flexibility index (Phi) is 3.22. The zero-order valence-corrected chi connectivity index (χ0v) is 11.0. The van der Waals surface area contributed by atoms with Crippen molar-refractivity contribution in [3.8, 4) is 0 Å². The molecule has 2 aromatic rings. The van der Waals surface area contributed by atoms with Crippen molar-refractivity contribution in [2.24, 2.45) is 0 Å². The van der Waals surface area contributed by atoms with Crippen LogP contribution in [0.1, 0.15) is 29.4 Å². The molecule has 3 rings (SSSR count). The molecule has 1 atom stereocenters. The molecule has 2 heterocycles. The molecule has 1 aliphatic rings. The smallest absolute Gasteiger partial charge is 0.229 e. The molecule has 20 heavy (non-hydrogen) atoms. The molecule has 0 radical (unpaired) electrons. The first-order valence-electron chi connectivity index (χ1n) is 6.48. The zero-order chi connectivity index (χ0) is 14.1. The molecular formula is C14H14FN3O2. The van der Waals surface area contributed by atoms with Gasteiger partial charge in [0.15, 0.2) is 0 Å². The number of amides is 1. The van der Waals surface area contributed by atoms with Crippen LogP contribution in [0.4, 0.5) is 4.39 Å². The van der Waals surface area contributed by atoms with E-state index in [-0.39, 0.29) is 24.2 Å². The molecule has 0 spiro atoms. The van der Waals surface area contributed by atoms with Gasteiger partial charge in [-0.15, -0.1) is 0 Å². The summed E-state index contributed by atoms with van der Waals surface area (Å²) in [5.74, 6) is -0.278. The number of benzene rings is 1. The zero-order valence-electron chi connectivity index (χ0n) is 11.0. The predicted molar refractivity (Wildman–Crippen MR) is 68.2 cm³/mol. The van der Waals surface area contributed by atoms with Crippen LogP contribution >= 0.6 is 0 Å². The number of nitrogens with zero attached hydrogens (tertiary/aromatic N) is 3. The van der Waals surface area contributed by atoms with Crippen molar-refractivity contribution >= 4 is 5.91 Å². The van der Waals surface area contributed by atoms with Gasteiger partial charge in [-0.2, -0.15) is 0 Å². The number of aryl methyl sites for hydroxylation is 1. The highest BCUT2D eigenvalue weighted by molar-refractivity contribution is 5.79. The second-order valence-corrected chi connectivity index (χ2v) is 4.92. The van der Waals surface area contributed by atoms with E-state index in [0.717, 1.165) is 12.0 Å². The summed E-state index contributed by atoms with van der Waals surface area (Å²) >= 11 is 0. The standard InChI is InChI=1S/C14H14FN3O2/c1-9-12(17-20-16-9)8-14(19)18-7-6-13(18)10-2-4-11(15)5-3-10/h2-5,13H,6-8H2,1H3/t13-/m1/s1. The second-order valence-electron chi connectivity index (χ2n) is 4.92. The molecule has 0 bridgehead atoms. The van der Waals surface area contributed by atoms with Crippen molar-refractivity contribution in [3.05, 3.63) is 47.0 Å². The molecule has 0 unspecified atom stereocenters. The lowest BCUT2D eigenvalue weighted by Gasteiger charge is -2.41. The van der Waals surface area contributed by atoms with Crippen LogP contribution in [0.25, 0.3) is 0 Å². The molecule has 1 aliphatic heterocycles. The Bertz CT molecular complexity index is 624. The highest BCUT2D eigenvalue weighted by Gasteiger charge is 2.33. The first kappa shape index (κ1) is 12.8. The van der Waals surface area contributed by atoms with Gasteiger partial charge in [0.25, 0.3) is 0 Å². The third-order valence-corrected chi connectivity index (χ3v) is 3.66. The third kappa shape index (κ3) is 2.29. The first-order chi connectivity index (χ1) is 9.65. The fourth-order valence-corrected chi connectivity index (χ4v) is 2.37. The van der Waals surface area contributed by atoms with Gasteiger partial charge in [-0.3, -0.25) is 4.79 Å². The second kappa shape index (κ2) is 5.03. The average molecular weight is 275 g/mol. The number of carbonyl (C=O) groups excluding carboxylic acids is 1. The van der Waals surface area contributed by atoms with E-state index in [1.54, 1.807) is 24.0 Å². The van der Waals surface area contributed by atoms with Crippen LogP contribution in [0.5, 0.6) is 0 Å². The largest absolute Gasteiger partial charge is 0.335 e. The molecule has 1 aromatic carbocycles. The fourth-order valence-electron chi connectivity index (χ4n) is 2.37. The summed E-state index contributed by atoms with van der Waals surface area (Å²) < 4.78 is 17.5. The highest BCUT2D eigenvalue weighted by atomic mass is 19.1. The van der Waals surface area contributed by atoms with E-state index < -0.39 is 0 Å². The summed E-state index contributed by atoms with van der Waals surface area (Å²) in [6, 6.07) is 6.32. The minimum absolute atomic E-state index is 0.00984. The monoisotopic (exact) mass is 275 g/mol. The van der Waals surface area contributed by atoms with E-state index in [0.29, 0.717) is 17.9 Å². The Labute approximate surface area is 115 Å². The Balaban J connectivity index is 1.70. The topological polar surface area (TPSA) is 59.2 Å². The van der Waals surface area contributed by atoms with E-state index in [2.05, 4.69) is 14.9 Å². The molecular weight excluding hydrogens is 261 g/mol. The van der Waals surface area contributed by atoms with Crippen LogP contribution in [-0.4, -0.2) is 27.7 Å². The maximum Gasteiger partial charge on any atom is 0.229 e. The van der Waals surface area contributed by atoms with Gasteiger partial charge in [0, 0.05) is 6.54 Å². The summed E-state index contributed by atoms with van der Waals surface area (Å²) in [6.07, 6.45) is 1.08. The van der Waals surface area contributed by atoms with Crippen molar-refractivity contribution in [3.63, 3.8) is 0 Å². The molecule has 1 aromatic heterocycles. The molecule has 0 N–H and O–H groups in total. The van der Waals surface area contributed by atoms with Crippen molar-refractivity contribution in [1.29, 1.82) is 0 Å². The summed E-state index contributed by atoms with van der Waals surface area (Å²) in [5, 5.41) is 7.38. The first-order valence-corrected chi connectivity index (χ1v) is 6.48. The van der Waals surface area contributed by atoms with Gasteiger partial charge < -0.3 is 4.90 Å². The van der Waals surface area contributed by atoms with Gasteiger partial charge in [0.1, 0.15) is 17.2 Å². The van der Waals surface area contributed by atoms with Crippen LogP contribution in [0, 0.1) is 12.7 Å². The molecule has 0 aliphatic carbocycles. The lowest BCUT2D eigenvalue weighted by Crippen LogP contribution is -2.45. The Morgan fingerprint density at radius 1 is 1.40 bits per heavy atom. The van der Waals surface area contributed by atoms with Gasteiger partial charge in [-0.1, -0.05) is 22.4 Å². The number of hydrogen-bond acceptors (Lipinski definition) is 4. The lowest BCUT2D eigenvalue weighted by atomic mass is 9.94. The summed E-state index contributed by atoms with van der Waals surface area (Å²) in [7, 11) is 0. The Hall–Kier alpha value is -2.24. The molecule has 1 fully saturated rings. The molecule has 1 saturated heterocycles. The van der Waals surface area contributed by atoms with E-state index in [4.69, 9.17) is 0 Å². The van der Waals surface area contributed by atoms with Crippen LogP contribution in [-0.2, 0) is 11.2 Å². The van der Waals surface area contributed by atoms with Crippen molar-refractivity contribution in [1.82, 2.24) is 15.2 Å². The van der Waals surface area contributed by atoms with Gasteiger partial charge >= 0.3 is 0 Å². The summed E-state index contributed by atoms with van der Waals surface area (Å²) in [4.78, 5) is 14.0. The fraction of sp³-hybridized carbons (Fsp3) is 0.357. The molecule has 6 heteroatoms. The van der Waals surface area contributed by atoms with Gasteiger partial charge in [-0.05, 0) is 31.0 Å². The van der Waals surface area contributed by atoms with E-state index in [1.165, 1.54) is 12.1 Å². The summed E-state index contributed by atoms with van der Waals surface area (Å²) in [6.45, 7) is 2.47. The average Bonchev–Trinajstić information content (AvgIpc) is 2.76. The quantitative estimate of drug-likeness (QED) is 0.860. The highest BCUT2D eigenvalue weighted by Crippen LogP contribution is 2.33. The number of hydrogen-bond donors (Lipinski definition) is 0. The number of likely N-dealkylation sites (tertiary alicyclic amines) is 1. The molecule has 104 valence electrons. The van der Waals surface area contributed by atoms with Gasteiger partial charge in [0.2, 0.25) is 5.91 Å². The Morgan fingerprint density at radius 3 is 2.70 bits per heavy atom. The number of aromatic nitrogens is 2. The SMILES string of the molecule is Cc1nonc1CC(=O)N1CC[C@@H]1c1ccc(F)cc1. The van der Waals surface area contributed by atoms with Crippen molar-refractivity contribution in [2.45, 2.75) is 25.8 Å². The number of carbonyl (C=O) groups is 1. The van der Waals surface area contributed by atoms with Crippen molar-refractivity contribution in [2.75, 3.05) is 6.54 Å². The van der Waals surface area contributed by atoms with Crippen LogP contribution < -0.4 is 0 Å². The Morgan fingerprint density at radius 2 is 2.15 bits per heavy atom. The van der Waals surface area contributed by atoms with Crippen molar-refractivity contribution < 1.29 is 13.8 Å². The van der Waals surface area contributed by atoms with Gasteiger partial charge in [-0.25, -0.2) is 9.02 Å². The molecule has 0 saturated carbocycles. The summed E-state index contributed by atoms with van der Waals surface area (Å²) in [5.41, 5.74) is 2.16. The number of halogens is 1. The van der Waals surface area contributed by atoms with Gasteiger partial charge in [0.05, 0.1) is 12.5 Å². The maximum atomic E-state index is 12.9. The minimum Gasteiger partial charge on any atom is -0.335 e. The molecule has 5 nitrogen and oxygen atoms in total. The maximum absolute atomic E-state index is 12.9. The van der Waals surface area contributed by atoms with E-state index in [1.807, 2.05) is 0 Å². The van der Waals surface area contributed by atoms with Crippen LogP contribution in [0.3, 0.4) is 0 Å². The van der Waals surface area contributed by atoms with Crippen LogP contribution in [0.15, 0.2) is 28.9 Å². The normalized spacial score (nSPS) is 17.9.